The molecule has 4 nitrogen and oxygen atoms in total. The molecule has 23 heavy (non-hydrogen) atoms. The third-order valence-electron chi connectivity index (χ3n) is 4.87. The Balaban J connectivity index is 2.51. The Labute approximate surface area is 141 Å². The first-order valence-corrected chi connectivity index (χ1v) is 9.33. The predicted octanol–water partition coefficient (Wildman–Crippen LogP) is 4.03. The van der Waals surface area contributed by atoms with Crippen molar-refractivity contribution in [1.29, 1.82) is 0 Å². The second kappa shape index (κ2) is 10.7. The van der Waals surface area contributed by atoms with Crippen LogP contribution in [0.3, 0.4) is 0 Å². The molecular formula is C19H35NO3. The van der Waals surface area contributed by atoms with Gasteiger partial charge >= 0.3 is 5.97 Å². The van der Waals surface area contributed by atoms with Crippen molar-refractivity contribution in [2.24, 2.45) is 17.8 Å². The number of nitrogens with zero attached hydrogens (tertiary/aromatic N) is 1. The standard InChI is InChI=1S/C19H35NO3/c1-5-6-7-16-8-10-17(11-9-16)19(22)20(14-15(2)3)13-12-18(21)23-4/h15-17H,5-14H2,1-4H3. The van der Waals surface area contributed by atoms with E-state index in [1.807, 2.05) is 4.90 Å². The second-order valence-corrected chi connectivity index (χ2v) is 7.36. The molecule has 0 aromatic rings. The van der Waals surface area contributed by atoms with Crippen LogP contribution in [0.2, 0.25) is 0 Å². The molecule has 0 spiro atoms. The molecule has 134 valence electrons. The van der Waals surface area contributed by atoms with E-state index in [-0.39, 0.29) is 17.8 Å². The van der Waals surface area contributed by atoms with Crippen LogP contribution in [0.15, 0.2) is 0 Å². The van der Waals surface area contributed by atoms with Gasteiger partial charge in [0.05, 0.1) is 13.5 Å². The van der Waals surface area contributed by atoms with Crippen LogP contribution in [-0.4, -0.2) is 37.0 Å². The molecule has 0 aromatic carbocycles. The highest BCUT2D eigenvalue weighted by atomic mass is 16.5. The number of hydrogen-bond acceptors (Lipinski definition) is 3. The quantitative estimate of drug-likeness (QED) is 0.601. The molecule has 0 unspecified atom stereocenters. The summed E-state index contributed by atoms with van der Waals surface area (Å²) in [6.45, 7) is 7.67. The molecule has 1 fully saturated rings. The summed E-state index contributed by atoms with van der Waals surface area (Å²) in [6.07, 6.45) is 8.57. The van der Waals surface area contributed by atoms with Crippen LogP contribution < -0.4 is 0 Å². The van der Waals surface area contributed by atoms with E-state index in [0.29, 0.717) is 18.9 Å². The molecule has 4 heteroatoms. The Kier molecular flexibility index (Phi) is 9.27. The number of amides is 1. The van der Waals surface area contributed by atoms with Gasteiger partial charge in [-0.1, -0.05) is 40.0 Å². The molecule has 0 aromatic heterocycles. The average Bonchev–Trinajstić information content (AvgIpc) is 2.55. The highest BCUT2D eigenvalue weighted by molar-refractivity contribution is 5.79. The Morgan fingerprint density at radius 2 is 1.83 bits per heavy atom. The van der Waals surface area contributed by atoms with Crippen LogP contribution >= 0.6 is 0 Å². The first-order valence-electron chi connectivity index (χ1n) is 9.33. The molecule has 1 aliphatic rings. The number of carbonyl (C=O) groups is 2. The Hall–Kier alpha value is -1.06. The van der Waals surface area contributed by atoms with E-state index >= 15 is 0 Å². The molecule has 1 saturated carbocycles. The smallest absolute Gasteiger partial charge is 0.307 e. The zero-order valence-corrected chi connectivity index (χ0v) is 15.5. The van der Waals surface area contributed by atoms with E-state index < -0.39 is 0 Å². The van der Waals surface area contributed by atoms with Crippen LogP contribution in [-0.2, 0) is 14.3 Å². The van der Waals surface area contributed by atoms with Crippen molar-refractivity contribution in [3.63, 3.8) is 0 Å². The summed E-state index contributed by atoms with van der Waals surface area (Å²) in [5.41, 5.74) is 0. The number of unbranched alkanes of at least 4 members (excludes halogenated alkanes) is 1. The summed E-state index contributed by atoms with van der Waals surface area (Å²) in [6, 6.07) is 0. The minimum atomic E-state index is -0.241. The minimum Gasteiger partial charge on any atom is -0.469 e. The van der Waals surface area contributed by atoms with Crippen molar-refractivity contribution in [3.8, 4) is 0 Å². The van der Waals surface area contributed by atoms with Gasteiger partial charge in [0.2, 0.25) is 5.91 Å². The fourth-order valence-electron chi connectivity index (χ4n) is 3.51. The van der Waals surface area contributed by atoms with E-state index in [9.17, 15) is 9.59 Å². The topological polar surface area (TPSA) is 46.6 Å². The largest absolute Gasteiger partial charge is 0.469 e. The van der Waals surface area contributed by atoms with Gasteiger partial charge in [-0.25, -0.2) is 0 Å². The van der Waals surface area contributed by atoms with Crippen molar-refractivity contribution in [2.75, 3.05) is 20.2 Å². The third-order valence-corrected chi connectivity index (χ3v) is 4.87. The van der Waals surface area contributed by atoms with E-state index in [2.05, 4.69) is 20.8 Å². The molecule has 0 atom stereocenters. The van der Waals surface area contributed by atoms with Gasteiger partial charge in [-0.3, -0.25) is 9.59 Å². The van der Waals surface area contributed by atoms with Crippen molar-refractivity contribution >= 4 is 11.9 Å². The van der Waals surface area contributed by atoms with E-state index in [1.165, 1.54) is 39.2 Å². The monoisotopic (exact) mass is 325 g/mol. The van der Waals surface area contributed by atoms with Crippen molar-refractivity contribution < 1.29 is 14.3 Å². The van der Waals surface area contributed by atoms with Gasteiger partial charge < -0.3 is 9.64 Å². The number of hydrogen-bond donors (Lipinski definition) is 0. The maximum Gasteiger partial charge on any atom is 0.307 e. The van der Waals surface area contributed by atoms with E-state index in [0.717, 1.165) is 25.3 Å². The number of esters is 1. The lowest BCUT2D eigenvalue weighted by molar-refractivity contribution is -0.143. The summed E-state index contributed by atoms with van der Waals surface area (Å²) in [5, 5.41) is 0. The third kappa shape index (κ3) is 7.36. The number of carbonyl (C=O) groups excluding carboxylic acids is 2. The van der Waals surface area contributed by atoms with Crippen LogP contribution in [0.1, 0.15) is 72.1 Å². The zero-order chi connectivity index (χ0) is 17.2. The Bertz CT molecular complexity index is 360. The van der Waals surface area contributed by atoms with Crippen LogP contribution in [0, 0.1) is 17.8 Å². The molecule has 1 rings (SSSR count). The highest BCUT2D eigenvalue weighted by Crippen LogP contribution is 2.33. The molecule has 0 radical (unpaired) electrons. The van der Waals surface area contributed by atoms with Crippen molar-refractivity contribution in [1.82, 2.24) is 4.90 Å². The lowest BCUT2D eigenvalue weighted by atomic mass is 9.79. The maximum atomic E-state index is 12.8. The van der Waals surface area contributed by atoms with Gasteiger partial charge in [0.1, 0.15) is 0 Å². The SMILES string of the molecule is CCCCC1CCC(C(=O)N(CCC(=O)OC)CC(C)C)CC1. The van der Waals surface area contributed by atoms with E-state index in [4.69, 9.17) is 4.74 Å². The summed E-state index contributed by atoms with van der Waals surface area (Å²) < 4.78 is 4.71. The lowest BCUT2D eigenvalue weighted by Gasteiger charge is -2.33. The van der Waals surface area contributed by atoms with Gasteiger partial charge in [-0.15, -0.1) is 0 Å². The van der Waals surface area contributed by atoms with E-state index in [1.54, 1.807) is 0 Å². The fraction of sp³-hybridized carbons (Fsp3) is 0.895. The number of ether oxygens (including phenoxy) is 1. The van der Waals surface area contributed by atoms with Crippen molar-refractivity contribution in [3.05, 3.63) is 0 Å². The van der Waals surface area contributed by atoms with Gasteiger partial charge in [0.15, 0.2) is 0 Å². The van der Waals surface area contributed by atoms with Crippen molar-refractivity contribution in [2.45, 2.75) is 72.1 Å². The first-order chi connectivity index (χ1) is 11.0. The summed E-state index contributed by atoms with van der Waals surface area (Å²) in [4.78, 5) is 26.1. The zero-order valence-electron chi connectivity index (χ0n) is 15.5. The van der Waals surface area contributed by atoms with Gasteiger partial charge in [0.25, 0.3) is 0 Å². The fourth-order valence-corrected chi connectivity index (χ4v) is 3.51. The first kappa shape index (κ1) is 20.0. The molecule has 0 bridgehead atoms. The van der Waals surface area contributed by atoms with Crippen LogP contribution in [0.4, 0.5) is 0 Å². The number of methoxy groups -OCH3 is 1. The maximum absolute atomic E-state index is 12.8. The predicted molar refractivity (Wildman–Crippen MR) is 93.0 cm³/mol. The molecular weight excluding hydrogens is 290 g/mol. The van der Waals surface area contributed by atoms with Crippen LogP contribution in [0.25, 0.3) is 0 Å². The summed E-state index contributed by atoms with van der Waals surface area (Å²) >= 11 is 0. The minimum absolute atomic E-state index is 0.157. The molecule has 0 saturated heterocycles. The second-order valence-electron chi connectivity index (χ2n) is 7.36. The van der Waals surface area contributed by atoms with Gasteiger partial charge in [-0.2, -0.15) is 0 Å². The van der Waals surface area contributed by atoms with Gasteiger partial charge in [0, 0.05) is 19.0 Å². The summed E-state index contributed by atoms with van der Waals surface area (Å²) in [5.74, 6) is 1.39. The Morgan fingerprint density at radius 3 is 2.35 bits per heavy atom. The highest BCUT2D eigenvalue weighted by Gasteiger charge is 2.29. The molecule has 0 N–H and O–H groups in total. The number of rotatable bonds is 9. The lowest BCUT2D eigenvalue weighted by Crippen LogP contribution is -2.41. The molecule has 0 aliphatic heterocycles. The average molecular weight is 325 g/mol. The van der Waals surface area contributed by atoms with Crippen LogP contribution in [0.5, 0.6) is 0 Å². The Morgan fingerprint density at radius 1 is 1.17 bits per heavy atom. The molecule has 0 heterocycles. The normalized spacial score (nSPS) is 21.3. The van der Waals surface area contributed by atoms with Gasteiger partial charge in [-0.05, 0) is 37.5 Å². The summed E-state index contributed by atoms with van der Waals surface area (Å²) in [7, 11) is 1.40. The molecule has 1 aliphatic carbocycles. The molecule has 1 amide bonds.